The molecule has 4 heteroatoms. The monoisotopic (exact) mass is 183 g/mol. The van der Waals surface area contributed by atoms with Crippen molar-refractivity contribution in [3.63, 3.8) is 0 Å². The highest BCUT2D eigenvalue weighted by Gasteiger charge is 2.13. The number of hydrogen-bond donors (Lipinski definition) is 1. The number of methoxy groups -OCH3 is 1. The number of anilines is 1. The Bertz CT molecular complexity index is 350. The van der Waals surface area contributed by atoms with Crippen LogP contribution >= 0.6 is 0 Å². The second kappa shape index (κ2) is 3.43. The number of nitrogen functional groups attached to an aromatic ring is 1. The van der Waals surface area contributed by atoms with E-state index in [1.165, 1.54) is 26.2 Å². The minimum atomic E-state index is -0.663. The molecule has 0 unspecified atom stereocenters. The number of ether oxygens (including phenoxy) is 1. The fourth-order valence-electron chi connectivity index (χ4n) is 1.02. The number of nitrogens with two attached hydrogens (primary N) is 1. The van der Waals surface area contributed by atoms with Crippen LogP contribution in [0, 0.1) is 5.82 Å². The standard InChI is InChI=1S/C9H10FNO2/c1-5(12)7-3-6(11)4-8(13-2)9(7)10/h3-4H,11H2,1-2H3. The van der Waals surface area contributed by atoms with Gasteiger partial charge < -0.3 is 10.5 Å². The summed E-state index contributed by atoms with van der Waals surface area (Å²) in [5.74, 6) is -1.04. The molecule has 13 heavy (non-hydrogen) atoms. The summed E-state index contributed by atoms with van der Waals surface area (Å²) in [4.78, 5) is 10.9. The molecule has 1 rings (SSSR count). The van der Waals surface area contributed by atoms with Gasteiger partial charge in [-0.05, 0) is 13.0 Å². The van der Waals surface area contributed by atoms with Gasteiger partial charge in [-0.15, -0.1) is 0 Å². The zero-order valence-corrected chi connectivity index (χ0v) is 7.43. The van der Waals surface area contributed by atoms with Crippen LogP contribution in [-0.2, 0) is 0 Å². The van der Waals surface area contributed by atoms with Gasteiger partial charge in [-0.3, -0.25) is 4.79 Å². The number of hydrogen-bond acceptors (Lipinski definition) is 3. The topological polar surface area (TPSA) is 52.3 Å². The van der Waals surface area contributed by atoms with Gasteiger partial charge in [0.15, 0.2) is 17.3 Å². The first-order valence-electron chi connectivity index (χ1n) is 3.70. The second-order valence-electron chi connectivity index (χ2n) is 2.64. The summed E-state index contributed by atoms with van der Waals surface area (Å²) in [6.07, 6.45) is 0. The molecule has 0 aromatic heterocycles. The van der Waals surface area contributed by atoms with Crippen LogP contribution in [0.2, 0.25) is 0 Å². The van der Waals surface area contributed by atoms with Crippen molar-refractivity contribution < 1.29 is 13.9 Å². The van der Waals surface area contributed by atoms with Crippen molar-refractivity contribution in [2.75, 3.05) is 12.8 Å². The van der Waals surface area contributed by atoms with Crippen LogP contribution in [0.3, 0.4) is 0 Å². The number of carbonyl (C=O) groups is 1. The van der Waals surface area contributed by atoms with Crippen molar-refractivity contribution in [1.82, 2.24) is 0 Å². The molecular formula is C9H10FNO2. The van der Waals surface area contributed by atoms with Gasteiger partial charge in [-0.2, -0.15) is 0 Å². The molecule has 70 valence electrons. The molecule has 1 aromatic rings. The van der Waals surface area contributed by atoms with Crippen molar-refractivity contribution in [3.8, 4) is 5.75 Å². The quantitative estimate of drug-likeness (QED) is 0.560. The third kappa shape index (κ3) is 1.77. The number of Topliss-reactive ketones (excluding diaryl/α,β-unsaturated/α-hetero) is 1. The largest absolute Gasteiger partial charge is 0.494 e. The summed E-state index contributed by atoms with van der Waals surface area (Å²) in [5, 5.41) is 0. The maximum Gasteiger partial charge on any atom is 0.175 e. The van der Waals surface area contributed by atoms with Crippen LogP contribution in [0.4, 0.5) is 10.1 Å². The Balaban J connectivity index is 3.35. The summed E-state index contributed by atoms with van der Waals surface area (Å²) < 4.78 is 18.0. The molecule has 0 saturated heterocycles. The number of carbonyl (C=O) groups excluding carboxylic acids is 1. The lowest BCUT2D eigenvalue weighted by atomic mass is 10.1. The normalized spacial score (nSPS) is 9.77. The first-order chi connectivity index (χ1) is 6.06. The van der Waals surface area contributed by atoms with Gasteiger partial charge in [0.1, 0.15) is 0 Å². The molecule has 0 fully saturated rings. The van der Waals surface area contributed by atoms with Crippen molar-refractivity contribution in [2.45, 2.75) is 6.92 Å². The van der Waals surface area contributed by atoms with E-state index in [4.69, 9.17) is 10.5 Å². The highest BCUT2D eigenvalue weighted by molar-refractivity contribution is 5.95. The van der Waals surface area contributed by atoms with Gasteiger partial charge in [-0.25, -0.2) is 4.39 Å². The van der Waals surface area contributed by atoms with Crippen LogP contribution in [0.15, 0.2) is 12.1 Å². The average Bonchev–Trinajstić information content (AvgIpc) is 2.08. The molecule has 0 heterocycles. The van der Waals surface area contributed by atoms with E-state index in [2.05, 4.69) is 0 Å². The van der Waals surface area contributed by atoms with Crippen molar-refractivity contribution in [2.24, 2.45) is 0 Å². The van der Waals surface area contributed by atoms with E-state index >= 15 is 0 Å². The first kappa shape index (κ1) is 9.51. The molecule has 3 nitrogen and oxygen atoms in total. The molecule has 0 amide bonds. The Kier molecular flexibility index (Phi) is 2.51. The highest BCUT2D eigenvalue weighted by atomic mass is 19.1. The Labute approximate surface area is 75.3 Å². The molecule has 0 bridgehead atoms. The van der Waals surface area contributed by atoms with Crippen molar-refractivity contribution in [1.29, 1.82) is 0 Å². The zero-order chi connectivity index (χ0) is 10.0. The van der Waals surface area contributed by atoms with Crippen molar-refractivity contribution >= 4 is 11.5 Å². The van der Waals surface area contributed by atoms with Crippen molar-refractivity contribution in [3.05, 3.63) is 23.5 Å². The summed E-state index contributed by atoms with van der Waals surface area (Å²) in [5.41, 5.74) is 5.71. The summed E-state index contributed by atoms with van der Waals surface area (Å²) in [7, 11) is 1.32. The summed E-state index contributed by atoms with van der Waals surface area (Å²) in [6.45, 7) is 1.28. The zero-order valence-electron chi connectivity index (χ0n) is 7.43. The minimum absolute atomic E-state index is 0.00907. The molecule has 1 aromatic carbocycles. The SMILES string of the molecule is COc1cc(N)cc(C(C)=O)c1F. The van der Waals surface area contributed by atoms with Crippen LogP contribution < -0.4 is 10.5 Å². The first-order valence-corrected chi connectivity index (χ1v) is 3.70. The second-order valence-corrected chi connectivity index (χ2v) is 2.64. The van der Waals surface area contributed by atoms with Gasteiger partial charge in [0.2, 0.25) is 0 Å². The minimum Gasteiger partial charge on any atom is -0.494 e. The van der Waals surface area contributed by atoms with Gasteiger partial charge in [0.05, 0.1) is 12.7 Å². The lowest BCUT2D eigenvalue weighted by Gasteiger charge is -2.06. The molecule has 2 N–H and O–H groups in total. The van der Waals surface area contributed by atoms with E-state index < -0.39 is 5.82 Å². The number of rotatable bonds is 2. The molecule has 0 radical (unpaired) electrons. The molecule has 0 aliphatic heterocycles. The number of ketones is 1. The maximum atomic E-state index is 13.3. The van der Waals surface area contributed by atoms with E-state index in [1.807, 2.05) is 0 Å². The van der Waals surface area contributed by atoms with Gasteiger partial charge >= 0.3 is 0 Å². The molecule has 0 aliphatic rings. The molecular weight excluding hydrogens is 173 g/mol. The van der Waals surface area contributed by atoms with Crippen LogP contribution in [0.5, 0.6) is 5.75 Å². The number of halogens is 1. The Hall–Kier alpha value is -1.58. The fourth-order valence-corrected chi connectivity index (χ4v) is 1.02. The third-order valence-electron chi connectivity index (χ3n) is 1.66. The predicted molar refractivity (Wildman–Crippen MR) is 47.4 cm³/mol. The summed E-state index contributed by atoms with van der Waals surface area (Å²) >= 11 is 0. The third-order valence-corrected chi connectivity index (χ3v) is 1.66. The summed E-state index contributed by atoms with van der Waals surface area (Å²) in [6, 6.07) is 2.63. The predicted octanol–water partition coefficient (Wildman–Crippen LogP) is 1.62. The van der Waals surface area contributed by atoms with E-state index in [9.17, 15) is 9.18 Å². The smallest absolute Gasteiger partial charge is 0.175 e. The Morgan fingerprint density at radius 1 is 1.54 bits per heavy atom. The number of benzene rings is 1. The maximum absolute atomic E-state index is 13.3. The lowest BCUT2D eigenvalue weighted by Crippen LogP contribution is -2.01. The van der Waals surface area contributed by atoms with Crippen LogP contribution in [-0.4, -0.2) is 12.9 Å². The highest BCUT2D eigenvalue weighted by Crippen LogP contribution is 2.24. The molecule has 0 spiro atoms. The van der Waals surface area contributed by atoms with Crippen LogP contribution in [0.1, 0.15) is 17.3 Å². The van der Waals surface area contributed by atoms with Gasteiger partial charge in [0, 0.05) is 11.8 Å². The molecule has 0 saturated carbocycles. The van der Waals surface area contributed by atoms with Gasteiger partial charge in [0.25, 0.3) is 0 Å². The van der Waals surface area contributed by atoms with E-state index in [1.54, 1.807) is 0 Å². The molecule has 0 atom stereocenters. The molecule has 0 aliphatic carbocycles. The Morgan fingerprint density at radius 2 is 2.15 bits per heavy atom. The van der Waals surface area contributed by atoms with E-state index in [0.29, 0.717) is 5.69 Å². The average molecular weight is 183 g/mol. The van der Waals surface area contributed by atoms with E-state index in [0.717, 1.165) is 0 Å². The Morgan fingerprint density at radius 3 is 2.62 bits per heavy atom. The lowest BCUT2D eigenvalue weighted by molar-refractivity contribution is 0.101. The van der Waals surface area contributed by atoms with E-state index in [-0.39, 0.29) is 17.1 Å². The van der Waals surface area contributed by atoms with Gasteiger partial charge in [-0.1, -0.05) is 0 Å². The fraction of sp³-hybridized carbons (Fsp3) is 0.222. The van der Waals surface area contributed by atoms with Crippen LogP contribution in [0.25, 0.3) is 0 Å².